The minimum absolute atomic E-state index is 0.0928. The van der Waals surface area contributed by atoms with Gasteiger partial charge in [-0.05, 0) is 24.6 Å². The first-order valence-corrected chi connectivity index (χ1v) is 8.01. The monoisotopic (exact) mass is 333 g/mol. The lowest BCUT2D eigenvalue weighted by molar-refractivity contribution is -0.120. The Morgan fingerprint density at radius 3 is 2.83 bits per heavy atom. The molecule has 1 aromatic carbocycles. The third-order valence-electron chi connectivity index (χ3n) is 3.03. The van der Waals surface area contributed by atoms with E-state index in [0.29, 0.717) is 24.1 Å². The number of methoxy groups -OCH3 is 1. The Morgan fingerprint density at radius 2 is 2.17 bits per heavy atom. The van der Waals surface area contributed by atoms with Gasteiger partial charge in [0.05, 0.1) is 18.8 Å². The number of aromatic nitrogens is 2. The highest BCUT2D eigenvalue weighted by Gasteiger charge is 2.17. The molecule has 0 saturated carbocycles. The Labute approximate surface area is 139 Å². The predicted octanol–water partition coefficient (Wildman–Crippen LogP) is 2.45. The maximum absolute atomic E-state index is 11.8. The summed E-state index contributed by atoms with van der Waals surface area (Å²) in [6.07, 6.45) is 2.17. The molecule has 0 unspecified atom stereocenters. The summed E-state index contributed by atoms with van der Waals surface area (Å²) in [5.41, 5.74) is 1.04. The molecule has 0 radical (unpaired) electrons. The van der Waals surface area contributed by atoms with E-state index in [9.17, 15) is 4.79 Å². The molecule has 0 aliphatic carbocycles. The Balaban J connectivity index is 1.91. The van der Waals surface area contributed by atoms with Gasteiger partial charge >= 0.3 is 0 Å². The van der Waals surface area contributed by atoms with Crippen molar-refractivity contribution in [3.63, 3.8) is 0 Å². The van der Waals surface area contributed by atoms with Crippen LogP contribution in [0.2, 0.25) is 0 Å². The fraction of sp³-hybridized carbons (Fsp3) is 0.312. The Morgan fingerprint density at radius 1 is 1.43 bits per heavy atom. The second-order valence-electron chi connectivity index (χ2n) is 4.78. The minimum atomic E-state index is -0.316. The Kier molecular flexibility index (Phi) is 6.22. The van der Waals surface area contributed by atoms with E-state index in [1.807, 2.05) is 24.3 Å². The lowest BCUT2D eigenvalue weighted by Gasteiger charge is -2.07. The molecule has 0 aliphatic rings. The first-order chi connectivity index (χ1) is 11.1. The van der Waals surface area contributed by atoms with E-state index in [1.54, 1.807) is 20.1 Å². The number of thioether (sulfide) groups is 1. The first kappa shape index (κ1) is 17.1. The summed E-state index contributed by atoms with van der Waals surface area (Å²) in [5.74, 6) is 1.22. The fourth-order valence-corrected chi connectivity index (χ4v) is 2.52. The van der Waals surface area contributed by atoms with E-state index >= 15 is 0 Å². The predicted molar refractivity (Wildman–Crippen MR) is 88.6 cm³/mol. The maximum Gasteiger partial charge on any atom is 0.277 e. The summed E-state index contributed by atoms with van der Waals surface area (Å²) >= 11 is 1.23. The largest absolute Gasteiger partial charge is 0.497 e. The molecular formula is C16H19N3O3S. The van der Waals surface area contributed by atoms with Gasteiger partial charge in [-0.2, -0.15) is 0 Å². The standard InChI is InChI=1S/C16H19N3O3S/c1-4-9-17-15(20)11(2)23-16-19-18-14(22-16)10-12-5-7-13(21-3)8-6-12/h4-8,11H,1,9-10H2,2-3H3,(H,17,20)/t11-/m1/s1. The van der Waals surface area contributed by atoms with Crippen LogP contribution in [-0.4, -0.2) is 35.0 Å². The number of hydrogen-bond donors (Lipinski definition) is 1. The second kappa shape index (κ2) is 8.38. The van der Waals surface area contributed by atoms with Gasteiger partial charge in [-0.25, -0.2) is 0 Å². The van der Waals surface area contributed by atoms with Crippen LogP contribution in [0.4, 0.5) is 0 Å². The van der Waals surface area contributed by atoms with Crippen molar-refractivity contribution in [3.8, 4) is 5.75 Å². The number of nitrogens with zero attached hydrogens (tertiary/aromatic N) is 2. The molecule has 1 aromatic heterocycles. The third-order valence-corrected chi connectivity index (χ3v) is 3.96. The smallest absolute Gasteiger partial charge is 0.277 e. The van der Waals surface area contributed by atoms with E-state index in [1.165, 1.54) is 11.8 Å². The normalized spacial score (nSPS) is 11.7. The topological polar surface area (TPSA) is 77.2 Å². The SMILES string of the molecule is C=CCNC(=O)[C@@H](C)Sc1nnc(Cc2ccc(OC)cc2)o1. The quantitative estimate of drug-likeness (QED) is 0.591. The molecule has 1 amide bonds. The molecule has 7 heteroatoms. The molecule has 1 heterocycles. The number of carbonyl (C=O) groups excluding carboxylic acids is 1. The molecule has 0 aliphatic heterocycles. The van der Waals surface area contributed by atoms with Crippen molar-refractivity contribution in [1.29, 1.82) is 0 Å². The fourth-order valence-electron chi connectivity index (χ4n) is 1.80. The number of rotatable bonds is 8. The van der Waals surface area contributed by atoms with Crippen molar-refractivity contribution >= 4 is 17.7 Å². The summed E-state index contributed by atoms with van der Waals surface area (Å²) in [6.45, 7) is 5.79. The molecule has 2 aromatic rings. The summed E-state index contributed by atoms with van der Waals surface area (Å²) in [6, 6.07) is 7.66. The van der Waals surface area contributed by atoms with Gasteiger partial charge in [0.25, 0.3) is 5.22 Å². The zero-order valence-corrected chi connectivity index (χ0v) is 13.9. The number of benzene rings is 1. The molecular weight excluding hydrogens is 314 g/mol. The van der Waals surface area contributed by atoms with E-state index < -0.39 is 0 Å². The number of carbonyl (C=O) groups is 1. The van der Waals surface area contributed by atoms with Gasteiger partial charge in [-0.3, -0.25) is 4.79 Å². The van der Waals surface area contributed by atoms with Crippen LogP contribution >= 0.6 is 11.8 Å². The van der Waals surface area contributed by atoms with E-state index in [4.69, 9.17) is 9.15 Å². The van der Waals surface area contributed by atoms with Crippen molar-refractivity contribution in [2.45, 2.75) is 23.8 Å². The molecule has 0 saturated heterocycles. The van der Waals surface area contributed by atoms with E-state index in [0.717, 1.165) is 11.3 Å². The van der Waals surface area contributed by atoms with E-state index in [-0.39, 0.29) is 11.2 Å². The van der Waals surface area contributed by atoms with Crippen LogP contribution in [0.15, 0.2) is 46.6 Å². The van der Waals surface area contributed by atoms with Crippen molar-refractivity contribution < 1.29 is 13.9 Å². The molecule has 2 rings (SSSR count). The number of amides is 1. The molecule has 1 N–H and O–H groups in total. The molecule has 122 valence electrons. The molecule has 0 bridgehead atoms. The number of nitrogens with one attached hydrogen (secondary N) is 1. The molecule has 1 atom stereocenters. The van der Waals surface area contributed by atoms with Crippen LogP contribution in [0.5, 0.6) is 5.75 Å². The summed E-state index contributed by atoms with van der Waals surface area (Å²) < 4.78 is 10.7. The van der Waals surface area contributed by atoms with Gasteiger partial charge in [0, 0.05) is 6.54 Å². The van der Waals surface area contributed by atoms with Crippen molar-refractivity contribution in [3.05, 3.63) is 48.4 Å². The molecule has 0 fully saturated rings. The van der Waals surface area contributed by atoms with Gasteiger partial charge in [-0.15, -0.1) is 16.8 Å². The summed E-state index contributed by atoms with van der Waals surface area (Å²) in [7, 11) is 1.63. The van der Waals surface area contributed by atoms with Gasteiger partial charge < -0.3 is 14.5 Å². The van der Waals surface area contributed by atoms with Gasteiger partial charge in [0.1, 0.15) is 5.75 Å². The maximum atomic E-state index is 11.8. The van der Waals surface area contributed by atoms with Crippen LogP contribution in [0.3, 0.4) is 0 Å². The highest BCUT2D eigenvalue weighted by molar-refractivity contribution is 8.00. The minimum Gasteiger partial charge on any atom is -0.497 e. The van der Waals surface area contributed by atoms with Crippen molar-refractivity contribution in [1.82, 2.24) is 15.5 Å². The second-order valence-corrected chi connectivity index (χ2v) is 6.07. The zero-order valence-electron chi connectivity index (χ0n) is 13.1. The molecule has 23 heavy (non-hydrogen) atoms. The van der Waals surface area contributed by atoms with Gasteiger partial charge in [0.2, 0.25) is 11.8 Å². The number of ether oxygens (including phenoxy) is 1. The summed E-state index contributed by atoms with van der Waals surface area (Å²) in [5, 5.41) is 10.8. The Hall–Kier alpha value is -2.28. The van der Waals surface area contributed by atoms with Crippen molar-refractivity contribution in [2.75, 3.05) is 13.7 Å². The molecule has 6 nitrogen and oxygen atoms in total. The van der Waals surface area contributed by atoms with Gasteiger partial charge in [0.15, 0.2) is 0 Å². The lowest BCUT2D eigenvalue weighted by atomic mass is 10.1. The summed E-state index contributed by atoms with van der Waals surface area (Å²) in [4.78, 5) is 11.8. The highest BCUT2D eigenvalue weighted by atomic mass is 32.2. The van der Waals surface area contributed by atoms with E-state index in [2.05, 4.69) is 22.1 Å². The number of hydrogen-bond acceptors (Lipinski definition) is 6. The lowest BCUT2D eigenvalue weighted by Crippen LogP contribution is -2.30. The Bertz CT molecular complexity index is 655. The van der Waals surface area contributed by atoms with Crippen LogP contribution in [0.1, 0.15) is 18.4 Å². The third kappa shape index (κ3) is 5.14. The average Bonchev–Trinajstić information content (AvgIpc) is 3.00. The van der Waals surface area contributed by atoms with Crippen LogP contribution in [0.25, 0.3) is 0 Å². The van der Waals surface area contributed by atoms with Gasteiger partial charge in [-0.1, -0.05) is 30.0 Å². The van der Waals surface area contributed by atoms with Crippen LogP contribution in [-0.2, 0) is 11.2 Å². The first-order valence-electron chi connectivity index (χ1n) is 7.13. The van der Waals surface area contributed by atoms with Crippen LogP contribution in [0, 0.1) is 0 Å². The molecule has 0 spiro atoms. The van der Waals surface area contributed by atoms with Crippen molar-refractivity contribution in [2.24, 2.45) is 0 Å². The zero-order chi connectivity index (χ0) is 16.7. The van der Waals surface area contributed by atoms with Crippen LogP contribution < -0.4 is 10.1 Å². The average molecular weight is 333 g/mol. The highest BCUT2D eigenvalue weighted by Crippen LogP contribution is 2.23.